The summed E-state index contributed by atoms with van der Waals surface area (Å²) >= 11 is 6.24. The molecule has 2 aromatic rings. The van der Waals surface area contributed by atoms with Gasteiger partial charge in [0.1, 0.15) is 0 Å². The van der Waals surface area contributed by atoms with Crippen LogP contribution in [0.25, 0.3) is 0 Å². The minimum atomic E-state index is -3.47. The van der Waals surface area contributed by atoms with Gasteiger partial charge in [0.15, 0.2) is 15.7 Å². The topological polar surface area (TPSA) is 129 Å². The second-order valence-electron chi connectivity index (χ2n) is 8.28. The Morgan fingerprint density at radius 2 is 1.88 bits per heavy atom. The van der Waals surface area contributed by atoms with Gasteiger partial charge in [-0.15, -0.1) is 0 Å². The molecule has 0 saturated heterocycles. The predicted molar refractivity (Wildman–Crippen MR) is 121 cm³/mol. The molecule has 1 aromatic heterocycles. The number of carbonyl (C=O) groups is 1. The molecule has 0 bridgehead atoms. The number of aliphatic hydroxyl groups is 2. The SMILES string of the molecule is CS(=O)(=O)c1ccc([C@@H](CC2CCCC2)C(=O)Nc2cnc(C(CO)CO)cn2)cc1Cl. The first kappa shape index (κ1) is 24.6. The summed E-state index contributed by atoms with van der Waals surface area (Å²) in [7, 11) is -3.47. The average Bonchev–Trinajstić information content (AvgIpc) is 3.26. The fourth-order valence-corrected chi connectivity index (χ4v) is 5.42. The summed E-state index contributed by atoms with van der Waals surface area (Å²) < 4.78 is 23.8. The molecule has 1 heterocycles. The summed E-state index contributed by atoms with van der Waals surface area (Å²) in [5.74, 6) is -0.666. The Bertz CT molecular complexity index is 1040. The Morgan fingerprint density at radius 3 is 2.41 bits per heavy atom. The number of benzene rings is 1. The first-order valence-corrected chi connectivity index (χ1v) is 12.8. The molecule has 1 atom stereocenters. The Hall–Kier alpha value is -2.07. The third-order valence-corrected chi connectivity index (χ3v) is 7.48. The monoisotopic (exact) mass is 481 g/mol. The molecule has 0 radical (unpaired) electrons. The number of nitrogens with zero attached hydrogens (tertiary/aromatic N) is 2. The Labute approximate surface area is 193 Å². The van der Waals surface area contributed by atoms with Gasteiger partial charge >= 0.3 is 0 Å². The Morgan fingerprint density at radius 1 is 1.19 bits per heavy atom. The molecule has 1 saturated carbocycles. The molecule has 3 rings (SSSR count). The molecule has 1 aliphatic carbocycles. The third kappa shape index (κ3) is 6.04. The maximum absolute atomic E-state index is 13.2. The highest BCUT2D eigenvalue weighted by atomic mass is 35.5. The van der Waals surface area contributed by atoms with Gasteiger partial charge in [0, 0.05) is 12.2 Å². The van der Waals surface area contributed by atoms with Crippen LogP contribution >= 0.6 is 11.6 Å². The van der Waals surface area contributed by atoms with Crippen molar-refractivity contribution >= 4 is 33.2 Å². The lowest BCUT2D eigenvalue weighted by Gasteiger charge is -2.21. The van der Waals surface area contributed by atoms with Crippen molar-refractivity contribution in [3.63, 3.8) is 0 Å². The first-order chi connectivity index (χ1) is 15.2. The van der Waals surface area contributed by atoms with Crippen LogP contribution in [0.5, 0.6) is 0 Å². The van der Waals surface area contributed by atoms with Crippen molar-refractivity contribution in [3.8, 4) is 0 Å². The number of hydrogen-bond acceptors (Lipinski definition) is 7. The normalized spacial score (nSPS) is 15.8. The van der Waals surface area contributed by atoms with Crippen molar-refractivity contribution in [2.24, 2.45) is 5.92 Å². The summed E-state index contributed by atoms with van der Waals surface area (Å²) in [6.07, 6.45) is 8.90. The van der Waals surface area contributed by atoms with E-state index < -0.39 is 21.7 Å². The van der Waals surface area contributed by atoms with E-state index >= 15 is 0 Å². The van der Waals surface area contributed by atoms with Crippen molar-refractivity contribution in [2.45, 2.75) is 48.8 Å². The van der Waals surface area contributed by atoms with Gasteiger partial charge in [-0.3, -0.25) is 9.78 Å². The number of aliphatic hydroxyl groups excluding tert-OH is 2. The molecule has 0 aliphatic heterocycles. The fourth-order valence-electron chi connectivity index (χ4n) is 4.08. The predicted octanol–water partition coefficient (Wildman–Crippen LogP) is 2.90. The van der Waals surface area contributed by atoms with Crippen molar-refractivity contribution < 1.29 is 23.4 Å². The van der Waals surface area contributed by atoms with E-state index in [4.69, 9.17) is 11.6 Å². The number of aromatic nitrogens is 2. The number of halogens is 1. The lowest BCUT2D eigenvalue weighted by molar-refractivity contribution is -0.118. The number of carbonyl (C=O) groups excluding carboxylic acids is 1. The molecule has 10 heteroatoms. The Balaban J connectivity index is 1.84. The molecule has 174 valence electrons. The van der Waals surface area contributed by atoms with Crippen molar-refractivity contribution in [1.29, 1.82) is 0 Å². The van der Waals surface area contributed by atoms with E-state index in [-0.39, 0.29) is 34.9 Å². The lowest BCUT2D eigenvalue weighted by Crippen LogP contribution is -2.24. The molecular weight excluding hydrogens is 454 g/mol. The van der Waals surface area contributed by atoms with E-state index in [0.717, 1.165) is 31.9 Å². The third-order valence-electron chi connectivity index (χ3n) is 5.90. The van der Waals surface area contributed by atoms with E-state index in [2.05, 4.69) is 15.3 Å². The maximum atomic E-state index is 13.2. The van der Waals surface area contributed by atoms with Crippen LogP contribution in [-0.2, 0) is 14.6 Å². The zero-order valence-corrected chi connectivity index (χ0v) is 19.4. The molecule has 3 N–H and O–H groups in total. The molecule has 1 aliphatic rings. The number of rotatable bonds is 9. The zero-order valence-electron chi connectivity index (χ0n) is 17.9. The van der Waals surface area contributed by atoms with Crippen LogP contribution < -0.4 is 5.32 Å². The van der Waals surface area contributed by atoms with Gasteiger partial charge in [-0.1, -0.05) is 43.4 Å². The first-order valence-electron chi connectivity index (χ1n) is 10.6. The van der Waals surface area contributed by atoms with Crippen LogP contribution in [0, 0.1) is 5.92 Å². The molecule has 8 nitrogen and oxygen atoms in total. The van der Waals surface area contributed by atoms with Crippen molar-refractivity contribution in [3.05, 3.63) is 46.9 Å². The largest absolute Gasteiger partial charge is 0.396 e. The van der Waals surface area contributed by atoms with Gasteiger partial charge in [-0.05, 0) is 30.0 Å². The van der Waals surface area contributed by atoms with Gasteiger partial charge in [0.2, 0.25) is 5.91 Å². The zero-order chi connectivity index (χ0) is 23.3. The highest BCUT2D eigenvalue weighted by molar-refractivity contribution is 7.90. The van der Waals surface area contributed by atoms with E-state index in [1.54, 1.807) is 12.1 Å². The Kier molecular flexibility index (Phi) is 8.21. The number of amides is 1. The van der Waals surface area contributed by atoms with E-state index in [1.807, 2.05) is 0 Å². The van der Waals surface area contributed by atoms with Gasteiger partial charge in [0.25, 0.3) is 0 Å². The van der Waals surface area contributed by atoms with Gasteiger partial charge in [-0.2, -0.15) is 0 Å². The van der Waals surface area contributed by atoms with Gasteiger partial charge in [0.05, 0.1) is 47.1 Å². The van der Waals surface area contributed by atoms with Crippen LogP contribution in [-0.4, -0.2) is 54.0 Å². The number of sulfone groups is 1. The second kappa shape index (κ2) is 10.7. The average molecular weight is 482 g/mol. The summed E-state index contributed by atoms with van der Waals surface area (Å²) in [6.45, 7) is -0.519. The number of anilines is 1. The quantitative estimate of drug-likeness (QED) is 0.502. The molecule has 1 amide bonds. The fraction of sp³-hybridized carbons (Fsp3) is 0.500. The number of nitrogens with one attached hydrogen (secondary N) is 1. The van der Waals surface area contributed by atoms with Crippen LogP contribution in [0.15, 0.2) is 35.5 Å². The second-order valence-corrected chi connectivity index (χ2v) is 10.7. The lowest BCUT2D eigenvalue weighted by atomic mass is 9.87. The van der Waals surface area contributed by atoms with E-state index in [1.165, 1.54) is 18.5 Å². The number of hydrogen-bond donors (Lipinski definition) is 3. The van der Waals surface area contributed by atoms with E-state index in [0.29, 0.717) is 23.6 Å². The van der Waals surface area contributed by atoms with Crippen molar-refractivity contribution in [2.75, 3.05) is 24.8 Å². The standard InChI is InChI=1S/C22H28ClN3O5S/c1-32(30,31)20-7-6-15(9-18(20)23)17(8-14-4-2-3-5-14)22(29)26-21-11-24-19(10-25-21)16(12-27)13-28/h6-7,9-11,14,16-17,27-28H,2-5,8,12-13H2,1H3,(H,25,26,29)/t17-/m1/s1. The van der Waals surface area contributed by atoms with Gasteiger partial charge in [-0.25, -0.2) is 13.4 Å². The summed E-state index contributed by atoms with van der Waals surface area (Å²) in [5.41, 5.74) is 1.08. The molecule has 32 heavy (non-hydrogen) atoms. The van der Waals surface area contributed by atoms with E-state index in [9.17, 15) is 23.4 Å². The molecule has 0 unspecified atom stereocenters. The summed E-state index contributed by atoms with van der Waals surface area (Å²) in [5, 5.41) is 21.4. The maximum Gasteiger partial charge on any atom is 0.233 e. The highest BCUT2D eigenvalue weighted by Crippen LogP contribution is 2.36. The van der Waals surface area contributed by atoms with Crippen LogP contribution in [0.1, 0.15) is 55.2 Å². The minimum absolute atomic E-state index is 0.0340. The van der Waals surface area contributed by atoms with Crippen molar-refractivity contribution in [1.82, 2.24) is 9.97 Å². The minimum Gasteiger partial charge on any atom is -0.396 e. The molecule has 1 fully saturated rings. The molecular formula is C22H28ClN3O5S. The van der Waals surface area contributed by atoms with Gasteiger partial charge < -0.3 is 15.5 Å². The molecule has 0 spiro atoms. The summed E-state index contributed by atoms with van der Waals surface area (Å²) in [4.78, 5) is 21.6. The highest BCUT2D eigenvalue weighted by Gasteiger charge is 2.28. The van der Waals surface area contributed by atoms with Crippen LogP contribution in [0.4, 0.5) is 5.82 Å². The summed E-state index contributed by atoms with van der Waals surface area (Å²) in [6, 6.07) is 4.64. The molecule has 1 aromatic carbocycles. The smallest absolute Gasteiger partial charge is 0.233 e. The van der Waals surface area contributed by atoms with Crippen LogP contribution in [0.2, 0.25) is 5.02 Å². The van der Waals surface area contributed by atoms with Crippen LogP contribution in [0.3, 0.4) is 0 Å².